The topological polar surface area (TPSA) is 75.6 Å². The van der Waals surface area contributed by atoms with Crippen molar-refractivity contribution in [2.75, 3.05) is 0 Å². The molecule has 6 heteroatoms. The molecule has 0 radical (unpaired) electrons. The quantitative estimate of drug-likeness (QED) is 0.575. The fraction of sp³-hybridized carbons (Fsp3) is 0.0952. The second-order valence-electron chi connectivity index (χ2n) is 6.24. The summed E-state index contributed by atoms with van der Waals surface area (Å²) in [7, 11) is 0. The summed E-state index contributed by atoms with van der Waals surface area (Å²) in [6, 6.07) is 20.7. The molecule has 4 aromatic rings. The van der Waals surface area contributed by atoms with Gasteiger partial charge in [-0.3, -0.25) is 9.89 Å². The lowest BCUT2D eigenvalue weighted by Gasteiger charge is -2.17. The van der Waals surface area contributed by atoms with Crippen molar-refractivity contribution in [1.29, 1.82) is 0 Å². The first-order chi connectivity index (χ1) is 13.2. The van der Waals surface area contributed by atoms with Crippen molar-refractivity contribution in [2.24, 2.45) is 0 Å². The zero-order chi connectivity index (χ0) is 18.6. The van der Waals surface area contributed by atoms with Gasteiger partial charge in [-0.25, -0.2) is 4.98 Å². The molecule has 0 bridgehead atoms. The molecule has 0 fully saturated rings. The Morgan fingerprint density at radius 1 is 1.04 bits per heavy atom. The molecule has 1 atom stereocenters. The molecule has 2 N–H and O–H groups in total. The lowest BCUT2D eigenvalue weighted by molar-refractivity contribution is 0.0941. The van der Waals surface area contributed by atoms with Crippen LogP contribution < -0.4 is 5.32 Å². The molecule has 2 aromatic carbocycles. The first-order valence-electron chi connectivity index (χ1n) is 8.69. The SMILES string of the molecule is Cc1nc(C(NC(=O)c2cccc(-n3cccc3)c2)c2ccccc2)n[nH]1. The van der Waals surface area contributed by atoms with Gasteiger partial charge in [0.2, 0.25) is 0 Å². The van der Waals surface area contributed by atoms with E-state index in [0.29, 0.717) is 17.2 Å². The van der Waals surface area contributed by atoms with E-state index in [9.17, 15) is 4.79 Å². The molecule has 2 aromatic heterocycles. The monoisotopic (exact) mass is 357 g/mol. The lowest BCUT2D eigenvalue weighted by atomic mass is 10.1. The van der Waals surface area contributed by atoms with Gasteiger partial charge in [0.05, 0.1) is 0 Å². The molecule has 134 valence electrons. The molecule has 0 aliphatic rings. The van der Waals surface area contributed by atoms with E-state index >= 15 is 0 Å². The van der Waals surface area contributed by atoms with Gasteiger partial charge in [-0.05, 0) is 42.8 Å². The van der Waals surface area contributed by atoms with Crippen LogP contribution in [0.5, 0.6) is 0 Å². The molecule has 0 aliphatic heterocycles. The largest absolute Gasteiger partial charge is 0.338 e. The number of aromatic nitrogens is 4. The maximum Gasteiger partial charge on any atom is 0.252 e. The van der Waals surface area contributed by atoms with Crippen molar-refractivity contribution in [2.45, 2.75) is 13.0 Å². The van der Waals surface area contributed by atoms with Crippen LogP contribution in [0.2, 0.25) is 0 Å². The van der Waals surface area contributed by atoms with Crippen molar-refractivity contribution >= 4 is 5.91 Å². The molecule has 0 saturated carbocycles. The van der Waals surface area contributed by atoms with Crippen LogP contribution in [0.3, 0.4) is 0 Å². The van der Waals surface area contributed by atoms with Gasteiger partial charge in [0.15, 0.2) is 5.82 Å². The summed E-state index contributed by atoms with van der Waals surface area (Å²) in [4.78, 5) is 17.4. The second-order valence-corrected chi connectivity index (χ2v) is 6.24. The van der Waals surface area contributed by atoms with Crippen molar-refractivity contribution in [3.63, 3.8) is 0 Å². The standard InChI is InChI=1S/C21H19N5O/c1-15-22-20(25-24-15)19(16-8-3-2-4-9-16)23-21(27)17-10-7-11-18(14-17)26-12-5-6-13-26/h2-14,19H,1H3,(H,23,27)(H,22,24,25). The Bertz CT molecular complexity index is 1040. The Morgan fingerprint density at radius 2 is 1.81 bits per heavy atom. The number of aryl methyl sites for hydroxylation is 1. The van der Waals surface area contributed by atoms with E-state index in [-0.39, 0.29) is 5.91 Å². The van der Waals surface area contributed by atoms with E-state index in [1.54, 1.807) is 6.07 Å². The summed E-state index contributed by atoms with van der Waals surface area (Å²) in [6.45, 7) is 1.83. The van der Waals surface area contributed by atoms with Gasteiger partial charge in [-0.15, -0.1) is 0 Å². The number of carbonyl (C=O) groups excluding carboxylic acids is 1. The first-order valence-corrected chi connectivity index (χ1v) is 8.69. The summed E-state index contributed by atoms with van der Waals surface area (Å²) in [6.07, 6.45) is 3.89. The van der Waals surface area contributed by atoms with E-state index in [2.05, 4.69) is 20.5 Å². The molecular weight excluding hydrogens is 338 g/mol. The minimum Gasteiger partial charge on any atom is -0.338 e. The third kappa shape index (κ3) is 3.64. The third-order valence-electron chi connectivity index (χ3n) is 4.29. The highest BCUT2D eigenvalue weighted by molar-refractivity contribution is 5.95. The molecule has 0 spiro atoms. The minimum atomic E-state index is -0.432. The lowest BCUT2D eigenvalue weighted by Crippen LogP contribution is -2.30. The highest BCUT2D eigenvalue weighted by atomic mass is 16.1. The van der Waals surface area contributed by atoms with Crippen LogP contribution in [0.25, 0.3) is 5.69 Å². The van der Waals surface area contributed by atoms with Crippen LogP contribution in [-0.4, -0.2) is 25.7 Å². The summed E-state index contributed by atoms with van der Waals surface area (Å²) in [5, 5.41) is 10.1. The number of carbonyl (C=O) groups is 1. The smallest absolute Gasteiger partial charge is 0.252 e. The van der Waals surface area contributed by atoms with E-state index in [1.807, 2.05) is 84.5 Å². The number of nitrogens with one attached hydrogen (secondary N) is 2. The van der Waals surface area contributed by atoms with Gasteiger partial charge in [-0.1, -0.05) is 36.4 Å². The molecule has 2 heterocycles. The summed E-state index contributed by atoms with van der Waals surface area (Å²) < 4.78 is 1.96. The van der Waals surface area contributed by atoms with Crippen LogP contribution in [0, 0.1) is 6.92 Å². The molecule has 4 rings (SSSR count). The second kappa shape index (κ2) is 7.29. The van der Waals surface area contributed by atoms with Crippen molar-refractivity contribution in [3.8, 4) is 5.69 Å². The molecule has 1 amide bonds. The molecule has 0 aliphatic carbocycles. The minimum absolute atomic E-state index is 0.180. The summed E-state index contributed by atoms with van der Waals surface area (Å²) >= 11 is 0. The zero-order valence-electron chi connectivity index (χ0n) is 14.8. The van der Waals surface area contributed by atoms with Gasteiger partial charge < -0.3 is 9.88 Å². The Morgan fingerprint density at radius 3 is 2.52 bits per heavy atom. The van der Waals surface area contributed by atoms with Gasteiger partial charge in [0.1, 0.15) is 11.9 Å². The number of aromatic amines is 1. The van der Waals surface area contributed by atoms with Crippen molar-refractivity contribution in [3.05, 3.63) is 102 Å². The Balaban J connectivity index is 1.64. The first kappa shape index (κ1) is 16.8. The molecule has 1 unspecified atom stereocenters. The Hall–Kier alpha value is -3.67. The number of hydrogen-bond acceptors (Lipinski definition) is 3. The van der Waals surface area contributed by atoms with Gasteiger partial charge in [0.25, 0.3) is 5.91 Å². The highest BCUT2D eigenvalue weighted by Gasteiger charge is 2.21. The molecular formula is C21H19N5O. The number of rotatable bonds is 5. The van der Waals surface area contributed by atoms with E-state index in [1.165, 1.54) is 0 Å². The normalized spacial score (nSPS) is 11.9. The predicted octanol–water partition coefficient (Wildman–Crippen LogP) is 3.42. The van der Waals surface area contributed by atoms with Crippen molar-refractivity contribution < 1.29 is 4.79 Å². The van der Waals surface area contributed by atoms with Crippen LogP contribution in [0.1, 0.15) is 33.6 Å². The maximum atomic E-state index is 12.9. The van der Waals surface area contributed by atoms with Crippen molar-refractivity contribution in [1.82, 2.24) is 25.1 Å². The van der Waals surface area contributed by atoms with Crippen LogP contribution in [0.4, 0.5) is 0 Å². The van der Waals surface area contributed by atoms with Crippen LogP contribution in [-0.2, 0) is 0 Å². The van der Waals surface area contributed by atoms with E-state index in [4.69, 9.17) is 0 Å². The number of H-pyrrole nitrogens is 1. The average Bonchev–Trinajstić information content (AvgIpc) is 3.39. The molecule has 6 nitrogen and oxygen atoms in total. The average molecular weight is 357 g/mol. The molecule has 27 heavy (non-hydrogen) atoms. The van der Waals surface area contributed by atoms with E-state index in [0.717, 1.165) is 11.3 Å². The number of nitrogens with zero attached hydrogens (tertiary/aromatic N) is 3. The summed E-state index contributed by atoms with van der Waals surface area (Å²) in [5.41, 5.74) is 2.43. The van der Waals surface area contributed by atoms with Gasteiger partial charge in [-0.2, -0.15) is 5.10 Å². The predicted molar refractivity (Wildman–Crippen MR) is 103 cm³/mol. The number of amides is 1. The molecule has 0 saturated heterocycles. The Labute approximate surface area is 156 Å². The fourth-order valence-electron chi connectivity index (χ4n) is 2.96. The summed E-state index contributed by atoms with van der Waals surface area (Å²) in [5.74, 6) is 1.06. The third-order valence-corrected chi connectivity index (χ3v) is 4.29. The van der Waals surface area contributed by atoms with Crippen LogP contribution >= 0.6 is 0 Å². The van der Waals surface area contributed by atoms with Gasteiger partial charge in [0, 0.05) is 23.6 Å². The fourth-order valence-corrected chi connectivity index (χ4v) is 2.96. The Kier molecular flexibility index (Phi) is 4.53. The van der Waals surface area contributed by atoms with Crippen LogP contribution in [0.15, 0.2) is 79.1 Å². The van der Waals surface area contributed by atoms with E-state index < -0.39 is 6.04 Å². The maximum absolute atomic E-state index is 12.9. The number of hydrogen-bond donors (Lipinski definition) is 2. The highest BCUT2D eigenvalue weighted by Crippen LogP contribution is 2.20. The zero-order valence-corrected chi connectivity index (χ0v) is 14.8. The van der Waals surface area contributed by atoms with Gasteiger partial charge >= 0.3 is 0 Å². The number of benzene rings is 2.